The van der Waals surface area contributed by atoms with Gasteiger partial charge in [0.2, 0.25) is 11.0 Å². The van der Waals surface area contributed by atoms with Crippen LogP contribution in [0.4, 0.5) is 5.13 Å². The molecule has 24 heavy (non-hydrogen) atoms. The molecule has 0 unspecified atom stereocenters. The Morgan fingerprint density at radius 1 is 1.29 bits per heavy atom. The van der Waals surface area contributed by atoms with Gasteiger partial charge in [-0.05, 0) is 30.5 Å². The van der Waals surface area contributed by atoms with Gasteiger partial charge in [0.15, 0.2) is 0 Å². The fourth-order valence-electron chi connectivity index (χ4n) is 2.83. The van der Waals surface area contributed by atoms with Gasteiger partial charge in [0.05, 0.1) is 5.54 Å². The Bertz CT molecular complexity index is 701. The number of rotatable bonds is 4. The second kappa shape index (κ2) is 8.25. The molecule has 1 aromatic heterocycles. The summed E-state index contributed by atoms with van der Waals surface area (Å²) in [4.78, 5) is 12.4. The number of benzene rings is 1. The molecule has 5 nitrogen and oxygen atoms in total. The summed E-state index contributed by atoms with van der Waals surface area (Å²) in [6.07, 6.45) is 5.25. The topological polar surface area (TPSA) is 80.9 Å². The van der Waals surface area contributed by atoms with Crippen molar-refractivity contribution in [3.63, 3.8) is 0 Å². The lowest BCUT2D eigenvalue weighted by molar-refractivity contribution is -0.122. The van der Waals surface area contributed by atoms with Crippen LogP contribution in [0.1, 0.15) is 42.7 Å². The van der Waals surface area contributed by atoms with Crippen molar-refractivity contribution in [2.75, 3.05) is 5.32 Å². The molecule has 0 bridgehead atoms. The Balaban J connectivity index is 0.00000208. The standard InChI is InChI=1S/C16H19ClN4OS.ClH/c17-12-6-4-5-11(9-12)10-13-20-21-15(23-13)19-14(22)16(18)7-2-1-3-8-16;/h4-6,9H,1-3,7-8,10,18H2,(H,19,21,22);1H. The molecule has 1 fully saturated rings. The summed E-state index contributed by atoms with van der Waals surface area (Å²) < 4.78 is 0. The van der Waals surface area contributed by atoms with E-state index in [-0.39, 0.29) is 18.3 Å². The van der Waals surface area contributed by atoms with Crippen LogP contribution >= 0.6 is 35.3 Å². The number of carbonyl (C=O) groups excluding carboxylic acids is 1. The van der Waals surface area contributed by atoms with Gasteiger partial charge in [-0.1, -0.05) is 54.3 Å². The molecule has 1 amide bonds. The first kappa shape index (κ1) is 19.1. The molecule has 1 aromatic carbocycles. The van der Waals surface area contributed by atoms with Crippen molar-refractivity contribution in [1.29, 1.82) is 0 Å². The highest BCUT2D eigenvalue weighted by molar-refractivity contribution is 7.15. The number of nitrogens with one attached hydrogen (secondary N) is 1. The minimum absolute atomic E-state index is 0. The van der Waals surface area contributed by atoms with Crippen molar-refractivity contribution < 1.29 is 4.79 Å². The normalized spacial score (nSPS) is 16.2. The third-order valence-electron chi connectivity index (χ3n) is 4.13. The maximum absolute atomic E-state index is 12.4. The monoisotopic (exact) mass is 386 g/mol. The van der Waals surface area contributed by atoms with Crippen LogP contribution in [-0.2, 0) is 11.2 Å². The highest BCUT2D eigenvalue weighted by Crippen LogP contribution is 2.28. The lowest BCUT2D eigenvalue weighted by Gasteiger charge is -2.31. The molecule has 1 saturated carbocycles. The summed E-state index contributed by atoms with van der Waals surface area (Å²) in [7, 11) is 0. The molecule has 0 spiro atoms. The Kier molecular flexibility index (Phi) is 6.57. The van der Waals surface area contributed by atoms with Crippen LogP contribution in [0.3, 0.4) is 0 Å². The molecule has 2 aromatic rings. The fourth-order valence-corrected chi connectivity index (χ4v) is 3.81. The fraction of sp³-hybridized carbons (Fsp3) is 0.438. The predicted octanol–water partition coefficient (Wildman–Crippen LogP) is 3.80. The smallest absolute Gasteiger partial charge is 0.246 e. The van der Waals surface area contributed by atoms with E-state index in [1.807, 2.05) is 24.3 Å². The van der Waals surface area contributed by atoms with Crippen LogP contribution in [0.15, 0.2) is 24.3 Å². The first-order chi connectivity index (χ1) is 11.0. The van der Waals surface area contributed by atoms with Crippen LogP contribution in [-0.4, -0.2) is 21.6 Å². The van der Waals surface area contributed by atoms with Crippen molar-refractivity contribution in [2.24, 2.45) is 5.73 Å². The maximum atomic E-state index is 12.4. The second-order valence-electron chi connectivity index (χ2n) is 5.98. The van der Waals surface area contributed by atoms with E-state index in [1.54, 1.807) is 0 Å². The van der Waals surface area contributed by atoms with Crippen molar-refractivity contribution in [3.8, 4) is 0 Å². The van der Waals surface area contributed by atoms with E-state index in [4.69, 9.17) is 17.3 Å². The van der Waals surface area contributed by atoms with Crippen LogP contribution in [0.5, 0.6) is 0 Å². The Labute approximate surface area is 156 Å². The number of hydrogen-bond donors (Lipinski definition) is 2. The third kappa shape index (κ3) is 4.66. The molecular weight excluding hydrogens is 367 g/mol. The van der Waals surface area contributed by atoms with E-state index >= 15 is 0 Å². The van der Waals surface area contributed by atoms with Crippen molar-refractivity contribution in [1.82, 2.24) is 10.2 Å². The van der Waals surface area contributed by atoms with Crippen LogP contribution in [0.2, 0.25) is 5.02 Å². The van der Waals surface area contributed by atoms with E-state index in [1.165, 1.54) is 11.3 Å². The van der Waals surface area contributed by atoms with Gasteiger partial charge in [0, 0.05) is 11.4 Å². The number of anilines is 1. The molecule has 8 heteroatoms. The van der Waals surface area contributed by atoms with Gasteiger partial charge in [0.25, 0.3) is 0 Å². The number of hydrogen-bond acceptors (Lipinski definition) is 5. The zero-order valence-electron chi connectivity index (χ0n) is 13.1. The number of carbonyl (C=O) groups is 1. The zero-order valence-corrected chi connectivity index (χ0v) is 15.5. The minimum Gasteiger partial charge on any atom is -0.317 e. The quantitative estimate of drug-likeness (QED) is 0.836. The summed E-state index contributed by atoms with van der Waals surface area (Å²) in [5, 5.41) is 13.0. The average Bonchev–Trinajstić information content (AvgIpc) is 2.95. The highest BCUT2D eigenvalue weighted by Gasteiger charge is 2.35. The summed E-state index contributed by atoms with van der Waals surface area (Å²) in [5.74, 6) is -0.150. The SMILES string of the molecule is Cl.NC1(C(=O)Nc2nnc(Cc3cccc(Cl)c3)s2)CCCCC1. The van der Waals surface area contributed by atoms with Crippen LogP contribution in [0, 0.1) is 0 Å². The van der Waals surface area contributed by atoms with E-state index < -0.39 is 5.54 Å². The molecule has 130 valence electrons. The van der Waals surface area contributed by atoms with Crippen molar-refractivity contribution in [3.05, 3.63) is 39.9 Å². The molecule has 0 saturated heterocycles. The lowest BCUT2D eigenvalue weighted by Crippen LogP contribution is -2.52. The molecule has 3 rings (SSSR count). The number of amides is 1. The lowest BCUT2D eigenvalue weighted by atomic mass is 9.82. The molecular formula is C16H20Cl2N4OS. The zero-order chi connectivity index (χ0) is 16.3. The summed E-state index contributed by atoms with van der Waals surface area (Å²) in [6, 6.07) is 7.63. The molecule has 1 aliphatic carbocycles. The minimum atomic E-state index is -0.767. The second-order valence-corrected chi connectivity index (χ2v) is 7.48. The van der Waals surface area contributed by atoms with Gasteiger partial charge >= 0.3 is 0 Å². The molecule has 0 atom stereocenters. The van der Waals surface area contributed by atoms with Gasteiger partial charge in [-0.3, -0.25) is 10.1 Å². The molecule has 0 radical (unpaired) electrons. The summed E-state index contributed by atoms with van der Waals surface area (Å²) in [5.41, 5.74) is 6.52. The first-order valence-electron chi connectivity index (χ1n) is 7.72. The number of nitrogens with two attached hydrogens (primary N) is 1. The van der Waals surface area contributed by atoms with E-state index in [9.17, 15) is 4.79 Å². The van der Waals surface area contributed by atoms with Crippen molar-refractivity contribution >= 4 is 46.4 Å². The predicted molar refractivity (Wildman–Crippen MR) is 100 cm³/mol. The van der Waals surface area contributed by atoms with Gasteiger partial charge in [-0.25, -0.2) is 0 Å². The first-order valence-corrected chi connectivity index (χ1v) is 8.92. The highest BCUT2D eigenvalue weighted by atomic mass is 35.5. The van der Waals surface area contributed by atoms with Gasteiger partial charge in [0.1, 0.15) is 5.01 Å². The van der Waals surface area contributed by atoms with E-state index in [2.05, 4.69) is 15.5 Å². The molecule has 3 N–H and O–H groups in total. The number of aromatic nitrogens is 2. The largest absolute Gasteiger partial charge is 0.317 e. The van der Waals surface area contributed by atoms with Gasteiger partial charge < -0.3 is 5.73 Å². The summed E-state index contributed by atoms with van der Waals surface area (Å²) in [6.45, 7) is 0. The Hall–Kier alpha value is -1.21. The average molecular weight is 387 g/mol. The third-order valence-corrected chi connectivity index (χ3v) is 5.20. The van der Waals surface area contributed by atoms with Gasteiger partial charge in [-0.15, -0.1) is 22.6 Å². The van der Waals surface area contributed by atoms with E-state index in [0.29, 0.717) is 16.6 Å². The molecule has 0 aliphatic heterocycles. The van der Waals surface area contributed by atoms with Crippen LogP contribution in [0.25, 0.3) is 0 Å². The molecule has 1 aliphatic rings. The Morgan fingerprint density at radius 2 is 2.04 bits per heavy atom. The summed E-state index contributed by atoms with van der Waals surface area (Å²) >= 11 is 7.35. The molecule has 1 heterocycles. The van der Waals surface area contributed by atoms with Gasteiger partial charge in [-0.2, -0.15) is 0 Å². The number of nitrogens with zero attached hydrogens (tertiary/aromatic N) is 2. The Morgan fingerprint density at radius 3 is 2.75 bits per heavy atom. The van der Waals surface area contributed by atoms with Crippen LogP contribution < -0.4 is 11.1 Å². The van der Waals surface area contributed by atoms with Crippen molar-refractivity contribution in [2.45, 2.75) is 44.1 Å². The maximum Gasteiger partial charge on any atom is 0.246 e. The van der Waals surface area contributed by atoms with E-state index in [0.717, 1.165) is 42.7 Å². The number of halogens is 2.